The summed E-state index contributed by atoms with van der Waals surface area (Å²) >= 11 is 0. The van der Waals surface area contributed by atoms with Gasteiger partial charge in [0, 0.05) is 18.2 Å². The summed E-state index contributed by atoms with van der Waals surface area (Å²) in [6, 6.07) is 5.40. The van der Waals surface area contributed by atoms with Crippen molar-refractivity contribution >= 4 is 5.69 Å². The van der Waals surface area contributed by atoms with Crippen LogP contribution in [0.5, 0.6) is 11.5 Å². The Balaban J connectivity index is 2.04. The number of anilines is 1. The molecule has 1 aromatic rings. The molecular weight excluding hydrogens is 278 g/mol. The van der Waals surface area contributed by atoms with E-state index in [1.165, 1.54) is 12.5 Å². The van der Waals surface area contributed by atoms with Gasteiger partial charge in [-0.25, -0.2) is 0 Å². The summed E-state index contributed by atoms with van der Waals surface area (Å²) < 4.78 is 34.6. The van der Waals surface area contributed by atoms with Crippen molar-refractivity contribution in [1.82, 2.24) is 5.32 Å². The molecule has 0 radical (unpaired) electrons. The number of alkyl halides is 2. The van der Waals surface area contributed by atoms with Crippen LogP contribution in [0.1, 0.15) is 26.2 Å². The van der Waals surface area contributed by atoms with E-state index in [1.54, 1.807) is 19.2 Å². The highest BCUT2D eigenvalue weighted by Gasteiger charge is 2.18. The van der Waals surface area contributed by atoms with Crippen LogP contribution in [0.15, 0.2) is 18.2 Å². The van der Waals surface area contributed by atoms with Crippen molar-refractivity contribution in [2.24, 2.45) is 0 Å². The van der Waals surface area contributed by atoms with Crippen molar-refractivity contribution in [1.29, 1.82) is 0 Å². The zero-order chi connectivity index (χ0) is 15.2. The van der Waals surface area contributed by atoms with E-state index in [-0.39, 0.29) is 11.8 Å². The van der Waals surface area contributed by atoms with Gasteiger partial charge in [0.2, 0.25) is 0 Å². The zero-order valence-corrected chi connectivity index (χ0v) is 12.4. The van der Waals surface area contributed by atoms with Crippen molar-refractivity contribution < 1.29 is 18.3 Å². The molecule has 2 atom stereocenters. The number of nitrogens with one attached hydrogen (secondary N) is 2. The number of benzene rings is 1. The lowest BCUT2D eigenvalue weighted by Gasteiger charge is -2.21. The SMILES string of the molecule is COc1ccc(OC(F)F)c(NC(C)CC2CCCN2)c1. The Morgan fingerprint density at radius 3 is 2.86 bits per heavy atom. The maximum Gasteiger partial charge on any atom is 0.387 e. The lowest BCUT2D eigenvalue weighted by molar-refractivity contribution is -0.0494. The Hall–Kier alpha value is -1.56. The zero-order valence-electron chi connectivity index (χ0n) is 12.4. The number of ether oxygens (including phenoxy) is 2. The van der Waals surface area contributed by atoms with E-state index in [9.17, 15) is 8.78 Å². The van der Waals surface area contributed by atoms with E-state index >= 15 is 0 Å². The summed E-state index contributed by atoms with van der Waals surface area (Å²) in [7, 11) is 1.54. The van der Waals surface area contributed by atoms with Gasteiger partial charge in [0.15, 0.2) is 0 Å². The standard InChI is InChI=1S/C15H22F2N2O2/c1-10(8-11-4-3-7-18-11)19-13-9-12(20-2)5-6-14(13)21-15(16)17/h5-6,9-11,15,18-19H,3-4,7-8H2,1-2H3. The Morgan fingerprint density at radius 1 is 1.43 bits per heavy atom. The summed E-state index contributed by atoms with van der Waals surface area (Å²) in [5.41, 5.74) is 0.528. The molecule has 1 aliphatic heterocycles. The highest BCUT2D eigenvalue weighted by molar-refractivity contribution is 5.60. The van der Waals surface area contributed by atoms with Crippen molar-refractivity contribution in [2.45, 2.75) is 44.9 Å². The molecule has 1 aliphatic rings. The van der Waals surface area contributed by atoms with E-state index in [4.69, 9.17) is 4.74 Å². The number of hydrogen-bond donors (Lipinski definition) is 2. The van der Waals surface area contributed by atoms with E-state index in [1.807, 2.05) is 6.92 Å². The van der Waals surface area contributed by atoms with Crippen molar-refractivity contribution in [3.63, 3.8) is 0 Å². The Morgan fingerprint density at radius 2 is 2.24 bits per heavy atom. The van der Waals surface area contributed by atoms with E-state index in [0.717, 1.165) is 19.4 Å². The molecule has 0 aromatic heterocycles. The Bertz CT molecular complexity index is 451. The Kier molecular flexibility index (Phi) is 5.61. The van der Waals surface area contributed by atoms with Gasteiger partial charge in [-0.2, -0.15) is 8.78 Å². The minimum absolute atomic E-state index is 0.136. The number of rotatable bonds is 7. The minimum atomic E-state index is -2.84. The minimum Gasteiger partial charge on any atom is -0.497 e. The second-order valence-electron chi connectivity index (χ2n) is 5.31. The molecule has 0 amide bonds. The third-order valence-electron chi connectivity index (χ3n) is 3.61. The van der Waals surface area contributed by atoms with E-state index < -0.39 is 6.61 Å². The average molecular weight is 300 g/mol. The van der Waals surface area contributed by atoms with Crippen molar-refractivity contribution in [3.8, 4) is 11.5 Å². The van der Waals surface area contributed by atoms with Crippen LogP contribution in [-0.4, -0.2) is 32.3 Å². The van der Waals surface area contributed by atoms with Gasteiger partial charge < -0.3 is 20.1 Å². The van der Waals surface area contributed by atoms with Gasteiger partial charge in [-0.15, -0.1) is 0 Å². The lowest BCUT2D eigenvalue weighted by atomic mass is 10.1. The summed E-state index contributed by atoms with van der Waals surface area (Å²) in [4.78, 5) is 0. The third-order valence-corrected chi connectivity index (χ3v) is 3.61. The predicted molar refractivity (Wildman–Crippen MR) is 78.4 cm³/mol. The molecule has 1 heterocycles. The molecule has 0 bridgehead atoms. The van der Waals surface area contributed by atoms with Crippen LogP contribution >= 0.6 is 0 Å². The third kappa shape index (κ3) is 4.74. The molecule has 21 heavy (non-hydrogen) atoms. The molecule has 0 aliphatic carbocycles. The monoisotopic (exact) mass is 300 g/mol. The number of methoxy groups -OCH3 is 1. The molecule has 1 fully saturated rings. The van der Waals surface area contributed by atoms with Crippen LogP contribution in [0, 0.1) is 0 Å². The molecule has 1 aromatic carbocycles. The maximum absolute atomic E-state index is 12.5. The predicted octanol–water partition coefficient (Wildman–Crippen LogP) is 3.24. The van der Waals surface area contributed by atoms with Gasteiger partial charge in [0.25, 0.3) is 0 Å². The normalized spacial score (nSPS) is 19.6. The Labute approximate surface area is 123 Å². The van der Waals surface area contributed by atoms with Crippen LogP contribution in [0.25, 0.3) is 0 Å². The highest BCUT2D eigenvalue weighted by atomic mass is 19.3. The molecule has 2 rings (SSSR count). The second-order valence-corrected chi connectivity index (χ2v) is 5.31. The fourth-order valence-electron chi connectivity index (χ4n) is 2.66. The van der Waals surface area contributed by atoms with Crippen molar-refractivity contribution in [2.75, 3.05) is 19.0 Å². The first-order valence-corrected chi connectivity index (χ1v) is 7.21. The molecule has 0 saturated carbocycles. The molecule has 0 spiro atoms. The quantitative estimate of drug-likeness (QED) is 0.811. The molecule has 4 nitrogen and oxygen atoms in total. The van der Waals surface area contributed by atoms with E-state index in [0.29, 0.717) is 17.5 Å². The summed E-state index contributed by atoms with van der Waals surface area (Å²) in [5, 5.41) is 6.67. The first-order valence-electron chi connectivity index (χ1n) is 7.21. The highest BCUT2D eigenvalue weighted by Crippen LogP contribution is 2.31. The molecular formula is C15H22F2N2O2. The molecule has 118 valence electrons. The fourth-order valence-corrected chi connectivity index (χ4v) is 2.66. The topological polar surface area (TPSA) is 42.5 Å². The fraction of sp³-hybridized carbons (Fsp3) is 0.600. The van der Waals surface area contributed by atoms with Crippen LogP contribution in [0.2, 0.25) is 0 Å². The van der Waals surface area contributed by atoms with Gasteiger partial charge in [0.05, 0.1) is 12.8 Å². The first-order chi connectivity index (χ1) is 10.1. The summed E-state index contributed by atoms with van der Waals surface area (Å²) in [6.07, 6.45) is 3.28. The average Bonchev–Trinajstić information content (AvgIpc) is 2.93. The van der Waals surface area contributed by atoms with Crippen LogP contribution < -0.4 is 20.1 Å². The lowest BCUT2D eigenvalue weighted by Crippen LogP contribution is -2.29. The van der Waals surface area contributed by atoms with Gasteiger partial charge >= 0.3 is 6.61 Å². The summed E-state index contributed by atoms with van der Waals surface area (Å²) in [6.45, 7) is 0.243. The van der Waals surface area contributed by atoms with Gasteiger partial charge in [-0.1, -0.05) is 0 Å². The van der Waals surface area contributed by atoms with Crippen LogP contribution in [0.3, 0.4) is 0 Å². The van der Waals surface area contributed by atoms with Crippen LogP contribution in [0.4, 0.5) is 14.5 Å². The molecule has 2 N–H and O–H groups in total. The molecule has 1 saturated heterocycles. The molecule has 2 unspecified atom stereocenters. The smallest absolute Gasteiger partial charge is 0.387 e. The van der Waals surface area contributed by atoms with Crippen LogP contribution in [-0.2, 0) is 0 Å². The number of halogens is 2. The van der Waals surface area contributed by atoms with Gasteiger partial charge in [0.1, 0.15) is 11.5 Å². The van der Waals surface area contributed by atoms with Gasteiger partial charge in [-0.3, -0.25) is 0 Å². The molecule has 6 heteroatoms. The van der Waals surface area contributed by atoms with Crippen molar-refractivity contribution in [3.05, 3.63) is 18.2 Å². The van der Waals surface area contributed by atoms with Gasteiger partial charge in [-0.05, 0) is 44.9 Å². The maximum atomic E-state index is 12.5. The second kappa shape index (κ2) is 7.45. The summed E-state index contributed by atoms with van der Waals surface area (Å²) in [5.74, 6) is 0.738. The van der Waals surface area contributed by atoms with E-state index in [2.05, 4.69) is 15.4 Å². The largest absolute Gasteiger partial charge is 0.497 e. The first kappa shape index (κ1) is 15.8. The number of hydrogen-bond acceptors (Lipinski definition) is 4.